The topological polar surface area (TPSA) is 24.9 Å². The number of thioether (sulfide) groups is 1. The average Bonchev–Trinajstić information content (AvgIpc) is 2.36. The van der Waals surface area contributed by atoms with Crippen LogP contribution in [0.1, 0.15) is 51.8 Å². The lowest BCUT2D eigenvalue weighted by molar-refractivity contribution is 0.582. The lowest BCUT2D eigenvalue weighted by Crippen LogP contribution is -2.18. The molecule has 0 saturated carbocycles. The van der Waals surface area contributed by atoms with E-state index in [1.54, 1.807) is 0 Å². The Bertz CT molecular complexity index is 298. The van der Waals surface area contributed by atoms with Gasteiger partial charge in [0.15, 0.2) is 0 Å². The second kappa shape index (κ2) is 8.54. The molecular formula is C14H24N2S. The highest BCUT2D eigenvalue weighted by Gasteiger charge is 2.04. The van der Waals surface area contributed by atoms with Gasteiger partial charge in [0.2, 0.25) is 0 Å². The Morgan fingerprint density at radius 1 is 1.29 bits per heavy atom. The summed E-state index contributed by atoms with van der Waals surface area (Å²) in [4.78, 5) is 5.80. The number of pyridine rings is 1. The van der Waals surface area contributed by atoms with E-state index in [1.807, 2.05) is 18.0 Å². The summed E-state index contributed by atoms with van der Waals surface area (Å²) in [5, 5.41) is 3.37. The van der Waals surface area contributed by atoms with Gasteiger partial charge in [-0.15, -0.1) is 11.8 Å². The molecule has 0 aliphatic rings. The van der Waals surface area contributed by atoms with Crippen LogP contribution in [0.5, 0.6) is 0 Å². The maximum absolute atomic E-state index is 4.51. The Morgan fingerprint density at radius 3 is 2.71 bits per heavy atom. The van der Waals surface area contributed by atoms with Gasteiger partial charge in [0.25, 0.3) is 0 Å². The molecule has 0 aliphatic carbocycles. The highest BCUT2D eigenvalue weighted by molar-refractivity contribution is 7.99. The largest absolute Gasteiger partial charge is 0.309 e. The van der Waals surface area contributed by atoms with Crippen molar-refractivity contribution in [1.82, 2.24) is 10.3 Å². The molecule has 1 atom stereocenters. The van der Waals surface area contributed by atoms with Crippen LogP contribution in [0.25, 0.3) is 0 Å². The Labute approximate surface area is 110 Å². The highest BCUT2D eigenvalue weighted by atomic mass is 32.2. The van der Waals surface area contributed by atoms with Gasteiger partial charge < -0.3 is 5.32 Å². The number of aromatic nitrogens is 1. The summed E-state index contributed by atoms with van der Waals surface area (Å²) in [5.74, 6) is 1.21. The van der Waals surface area contributed by atoms with Crippen molar-refractivity contribution in [3.8, 4) is 0 Å². The van der Waals surface area contributed by atoms with Crippen molar-refractivity contribution in [2.75, 3.05) is 12.3 Å². The fourth-order valence-electron chi connectivity index (χ4n) is 1.69. The molecule has 1 N–H and O–H groups in total. The summed E-state index contributed by atoms with van der Waals surface area (Å²) < 4.78 is 0. The third-order valence-electron chi connectivity index (χ3n) is 2.73. The number of nitrogens with one attached hydrogen (secondary N) is 1. The first-order chi connectivity index (χ1) is 8.27. The SMILES string of the molecule is CCCCCSc1ccc(C(C)NCC)nc1. The maximum atomic E-state index is 4.51. The van der Waals surface area contributed by atoms with Gasteiger partial charge in [0, 0.05) is 17.1 Å². The molecule has 0 spiro atoms. The number of hydrogen-bond donors (Lipinski definition) is 1. The molecule has 2 nitrogen and oxygen atoms in total. The van der Waals surface area contributed by atoms with Crippen LogP contribution >= 0.6 is 11.8 Å². The van der Waals surface area contributed by atoms with E-state index in [0.717, 1.165) is 12.2 Å². The lowest BCUT2D eigenvalue weighted by atomic mass is 10.2. The molecule has 1 aromatic heterocycles. The molecular weight excluding hydrogens is 228 g/mol. The minimum absolute atomic E-state index is 0.346. The molecule has 0 saturated heterocycles. The first-order valence-electron chi connectivity index (χ1n) is 6.60. The minimum Gasteiger partial charge on any atom is -0.309 e. The van der Waals surface area contributed by atoms with E-state index in [2.05, 4.69) is 43.2 Å². The van der Waals surface area contributed by atoms with E-state index >= 15 is 0 Å². The van der Waals surface area contributed by atoms with Crippen LogP contribution in [-0.2, 0) is 0 Å². The fraction of sp³-hybridized carbons (Fsp3) is 0.643. The average molecular weight is 252 g/mol. The van der Waals surface area contributed by atoms with Gasteiger partial charge in [-0.25, -0.2) is 0 Å². The van der Waals surface area contributed by atoms with Crippen molar-refractivity contribution in [3.05, 3.63) is 24.0 Å². The zero-order valence-electron chi connectivity index (χ0n) is 11.2. The zero-order chi connectivity index (χ0) is 12.5. The zero-order valence-corrected chi connectivity index (χ0v) is 12.0. The predicted octanol–water partition coefficient (Wildman–Crippen LogP) is 4.03. The second-order valence-electron chi connectivity index (χ2n) is 4.25. The van der Waals surface area contributed by atoms with E-state index in [-0.39, 0.29) is 0 Å². The van der Waals surface area contributed by atoms with Crippen LogP contribution in [0.4, 0.5) is 0 Å². The summed E-state index contributed by atoms with van der Waals surface area (Å²) in [5.41, 5.74) is 1.13. The van der Waals surface area contributed by atoms with Crippen LogP contribution in [-0.4, -0.2) is 17.3 Å². The first-order valence-corrected chi connectivity index (χ1v) is 7.58. The van der Waals surface area contributed by atoms with E-state index in [9.17, 15) is 0 Å². The molecule has 3 heteroatoms. The summed E-state index contributed by atoms with van der Waals surface area (Å²) in [6, 6.07) is 4.67. The van der Waals surface area contributed by atoms with Crippen molar-refractivity contribution >= 4 is 11.8 Å². The standard InChI is InChI=1S/C14H24N2S/c1-4-6-7-10-17-13-8-9-14(16-11-13)12(3)15-5-2/h8-9,11-12,15H,4-7,10H2,1-3H3. The Hall–Kier alpha value is -0.540. The molecule has 0 bridgehead atoms. The first kappa shape index (κ1) is 14.5. The van der Waals surface area contributed by atoms with Crippen LogP contribution < -0.4 is 5.32 Å². The maximum Gasteiger partial charge on any atom is 0.0571 e. The highest BCUT2D eigenvalue weighted by Crippen LogP contribution is 2.20. The smallest absolute Gasteiger partial charge is 0.0571 e. The third kappa shape index (κ3) is 5.55. The number of nitrogens with zero attached hydrogens (tertiary/aromatic N) is 1. The summed E-state index contributed by atoms with van der Waals surface area (Å²) >= 11 is 1.91. The summed E-state index contributed by atoms with van der Waals surface area (Å²) in [6.07, 6.45) is 5.92. The van der Waals surface area contributed by atoms with Gasteiger partial charge in [0.1, 0.15) is 0 Å². The van der Waals surface area contributed by atoms with Gasteiger partial charge in [-0.1, -0.05) is 26.7 Å². The Balaban J connectivity index is 2.39. The molecule has 17 heavy (non-hydrogen) atoms. The molecule has 1 aromatic rings. The van der Waals surface area contributed by atoms with Gasteiger partial charge in [-0.3, -0.25) is 4.98 Å². The molecule has 0 amide bonds. The number of hydrogen-bond acceptors (Lipinski definition) is 3. The molecule has 0 fully saturated rings. The van der Waals surface area contributed by atoms with Gasteiger partial charge in [0.05, 0.1) is 5.69 Å². The quantitative estimate of drug-likeness (QED) is 0.558. The van der Waals surface area contributed by atoms with Crippen molar-refractivity contribution in [2.45, 2.75) is 51.0 Å². The second-order valence-corrected chi connectivity index (χ2v) is 5.42. The predicted molar refractivity (Wildman–Crippen MR) is 76.6 cm³/mol. The minimum atomic E-state index is 0.346. The third-order valence-corrected chi connectivity index (χ3v) is 3.80. The van der Waals surface area contributed by atoms with Crippen LogP contribution in [0.15, 0.2) is 23.2 Å². The van der Waals surface area contributed by atoms with Crippen molar-refractivity contribution < 1.29 is 0 Å². The number of unbranched alkanes of at least 4 members (excludes halogenated alkanes) is 2. The molecule has 0 radical (unpaired) electrons. The van der Waals surface area contributed by atoms with Crippen LogP contribution in [0.2, 0.25) is 0 Å². The van der Waals surface area contributed by atoms with E-state index in [4.69, 9.17) is 0 Å². The Kier molecular flexibility index (Phi) is 7.29. The Morgan fingerprint density at radius 2 is 2.12 bits per heavy atom. The van der Waals surface area contributed by atoms with Gasteiger partial charge in [-0.2, -0.15) is 0 Å². The van der Waals surface area contributed by atoms with E-state index < -0.39 is 0 Å². The van der Waals surface area contributed by atoms with Gasteiger partial charge >= 0.3 is 0 Å². The van der Waals surface area contributed by atoms with Gasteiger partial charge in [-0.05, 0) is 37.8 Å². The van der Waals surface area contributed by atoms with Crippen LogP contribution in [0, 0.1) is 0 Å². The van der Waals surface area contributed by atoms with Crippen molar-refractivity contribution in [2.24, 2.45) is 0 Å². The van der Waals surface area contributed by atoms with Crippen LogP contribution in [0.3, 0.4) is 0 Å². The number of rotatable bonds is 8. The van der Waals surface area contributed by atoms with E-state index in [1.165, 1.54) is 29.9 Å². The molecule has 1 heterocycles. The molecule has 96 valence electrons. The lowest BCUT2D eigenvalue weighted by Gasteiger charge is -2.11. The fourth-order valence-corrected chi connectivity index (χ4v) is 2.56. The van der Waals surface area contributed by atoms with Crippen molar-refractivity contribution in [1.29, 1.82) is 0 Å². The summed E-state index contributed by atoms with van der Waals surface area (Å²) in [7, 11) is 0. The molecule has 1 unspecified atom stereocenters. The van der Waals surface area contributed by atoms with E-state index in [0.29, 0.717) is 6.04 Å². The van der Waals surface area contributed by atoms with Crippen molar-refractivity contribution in [3.63, 3.8) is 0 Å². The molecule has 0 aliphatic heterocycles. The summed E-state index contributed by atoms with van der Waals surface area (Å²) in [6.45, 7) is 7.49. The monoisotopic (exact) mass is 252 g/mol. The molecule has 0 aromatic carbocycles. The molecule has 1 rings (SSSR count). The normalized spacial score (nSPS) is 12.6.